The molecule has 0 aromatic carbocycles. The molecule has 0 aromatic rings. The number of carboxylic acid groups (broad SMARTS) is 1. The normalized spacial score (nSPS) is 29.0. The van der Waals surface area contributed by atoms with E-state index in [9.17, 15) is 9.59 Å². The number of carbonyl (C=O) groups is 2. The van der Waals surface area contributed by atoms with Crippen molar-refractivity contribution in [2.75, 3.05) is 0 Å². The summed E-state index contributed by atoms with van der Waals surface area (Å²) in [5.41, 5.74) is -2.28. The highest BCUT2D eigenvalue weighted by Crippen LogP contribution is 2.04. The lowest BCUT2D eigenvalue weighted by Gasteiger charge is -2.23. The van der Waals surface area contributed by atoms with Gasteiger partial charge in [0.1, 0.15) is 0 Å². The fourth-order valence-corrected chi connectivity index (χ4v) is 0.614. The van der Waals surface area contributed by atoms with Gasteiger partial charge >= 0.3 is 12.0 Å². The molecule has 1 atom stereocenters. The summed E-state index contributed by atoms with van der Waals surface area (Å²) >= 11 is 0. The third-order valence-corrected chi connectivity index (χ3v) is 1.17. The SMILES string of the molecule is O=C1NC=CC(O)(C(=O)O)N1. The maximum absolute atomic E-state index is 10.5. The minimum absolute atomic E-state index is 0.752. The molecule has 2 amide bonds. The van der Waals surface area contributed by atoms with Gasteiger partial charge in [0.05, 0.1) is 0 Å². The molecule has 0 bridgehead atoms. The standard InChI is InChI=1S/C5H6N2O4/c8-3(9)5(11)1-2-6-4(10)7-5/h1-2,11H,(H,8,9)(H2,6,7,10). The summed E-state index contributed by atoms with van der Waals surface area (Å²) in [7, 11) is 0. The van der Waals surface area contributed by atoms with Crippen LogP contribution >= 0.6 is 0 Å². The molecule has 1 heterocycles. The second kappa shape index (κ2) is 2.24. The molecular weight excluding hydrogens is 152 g/mol. The number of nitrogens with one attached hydrogen (secondary N) is 2. The summed E-state index contributed by atoms with van der Waals surface area (Å²) in [5, 5.41) is 21.4. The van der Waals surface area contributed by atoms with E-state index in [2.05, 4.69) is 5.32 Å². The number of hydrogen-bond donors (Lipinski definition) is 4. The molecule has 1 rings (SSSR count). The summed E-state index contributed by atoms with van der Waals surface area (Å²) < 4.78 is 0. The highest BCUT2D eigenvalue weighted by molar-refractivity contribution is 5.88. The number of rotatable bonds is 1. The predicted octanol–water partition coefficient (Wildman–Crippen LogP) is -1.41. The molecule has 0 fully saturated rings. The average molecular weight is 158 g/mol. The van der Waals surface area contributed by atoms with Crippen LogP contribution in [0.2, 0.25) is 0 Å². The Morgan fingerprint density at radius 2 is 2.27 bits per heavy atom. The second-order valence-electron chi connectivity index (χ2n) is 2.00. The highest BCUT2D eigenvalue weighted by Gasteiger charge is 2.36. The molecule has 0 saturated heterocycles. The minimum atomic E-state index is -2.28. The van der Waals surface area contributed by atoms with Crippen LogP contribution in [0.1, 0.15) is 0 Å². The first kappa shape index (κ1) is 7.55. The lowest BCUT2D eigenvalue weighted by molar-refractivity contribution is -0.155. The second-order valence-corrected chi connectivity index (χ2v) is 2.00. The van der Waals surface area contributed by atoms with E-state index < -0.39 is 17.7 Å². The molecule has 60 valence electrons. The molecule has 0 spiro atoms. The Balaban J connectivity index is 2.87. The predicted molar refractivity (Wildman–Crippen MR) is 33.4 cm³/mol. The van der Waals surface area contributed by atoms with Crippen LogP contribution < -0.4 is 10.6 Å². The number of amides is 2. The molecule has 1 aliphatic heterocycles. The van der Waals surface area contributed by atoms with E-state index in [1.807, 2.05) is 5.32 Å². The van der Waals surface area contributed by atoms with Gasteiger partial charge in [-0.2, -0.15) is 0 Å². The number of aliphatic hydroxyl groups is 1. The highest BCUT2D eigenvalue weighted by atomic mass is 16.4. The van der Waals surface area contributed by atoms with E-state index in [0.29, 0.717) is 0 Å². The first-order valence-corrected chi connectivity index (χ1v) is 2.77. The third kappa shape index (κ3) is 1.30. The molecule has 6 heteroatoms. The molecule has 4 N–H and O–H groups in total. The maximum Gasteiger partial charge on any atom is 0.361 e. The molecule has 0 aromatic heterocycles. The van der Waals surface area contributed by atoms with Crippen molar-refractivity contribution in [2.45, 2.75) is 5.72 Å². The molecule has 0 radical (unpaired) electrons. The number of carboxylic acids is 1. The van der Waals surface area contributed by atoms with Crippen LogP contribution in [0, 0.1) is 0 Å². The van der Waals surface area contributed by atoms with Gasteiger partial charge in [0, 0.05) is 6.20 Å². The number of carbonyl (C=O) groups excluding carboxylic acids is 1. The van der Waals surface area contributed by atoms with Gasteiger partial charge in [0.25, 0.3) is 5.72 Å². The Bertz CT molecular complexity index is 237. The largest absolute Gasteiger partial charge is 0.477 e. The fourth-order valence-electron chi connectivity index (χ4n) is 0.614. The van der Waals surface area contributed by atoms with Crippen LogP contribution in [0.5, 0.6) is 0 Å². The zero-order chi connectivity index (χ0) is 8.48. The van der Waals surface area contributed by atoms with Gasteiger partial charge in [-0.25, -0.2) is 9.59 Å². The zero-order valence-electron chi connectivity index (χ0n) is 5.37. The van der Waals surface area contributed by atoms with Gasteiger partial charge in [-0.3, -0.25) is 5.32 Å². The van der Waals surface area contributed by atoms with Crippen molar-refractivity contribution in [3.8, 4) is 0 Å². The summed E-state index contributed by atoms with van der Waals surface area (Å²) in [6, 6.07) is -0.752. The summed E-state index contributed by atoms with van der Waals surface area (Å²) in [6.45, 7) is 0. The topological polar surface area (TPSA) is 98.7 Å². The van der Waals surface area contributed by atoms with Crippen LogP contribution in [0.4, 0.5) is 4.79 Å². The van der Waals surface area contributed by atoms with E-state index in [-0.39, 0.29) is 0 Å². The number of hydrogen-bond acceptors (Lipinski definition) is 3. The van der Waals surface area contributed by atoms with Crippen molar-refractivity contribution in [3.63, 3.8) is 0 Å². The molecule has 11 heavy (non-hydrogen) atoms. The first-order chi connectivity index (χ1) is 5.04. The van der Waals surface area contributed by atoms with Crippen LogP contribution in [0.25, 0.3) is 0 Å². The van der Waals surface area contributed by atoms with Crippen molar-refractivity contribution in [1.82, 2.24) is 10.6 Å². The van der Waals surface area contributed by atoms with Crippen LogP contribution in [-0.2, 0) is 4.79 Å². The smallest absolute Gasteiger partial charge is 0.361 e. The van der Waals surface area contributed by atoms with Gasteiger partial charge in [0.2, 0.25) is 0 Å². The average Bonchev–Trinajstić information content (AvgIpc) is 1.86. The van der Waals surface area contributed by atoms with Crippen molar-refractivity contribution >= 4 is 12.0 Å². The van der Waals surface area contributed by atoms with Crippen molar-refractivity contribution in [3.05, 3.63) is 12.3 Å². The van der Waals surface area contributed by atoms with E-state index >= 15 is 0 Å². The van der Waals surface area contributed by atoms with Gasteiger partial charge in [-0.05, 0) is 6.08 Å². The molecular formula is C5H6N2O4. The zero-order valence-corrected chi connectivity index (χ0v) is 5.37. The van der Waals surface area contributed by atoms with E-state index in [1.54, 1.807) is 0 Å². The lowest BCUT2D eigenvalue weighted by Crippen LogP contribution is -2.58. The van der Waals surface area contributed by atoms with Crippen LogP contribution in [0.15, 0.2) is 12.3 Å². The van der Waals surface area contributed by atoms with Crippen molar-refractivity contribution < 1.29 is 19.8 Å². The number of urea groups is 1. The van der Waals surface area contributed by atoms with Gasteiger partial charge in [0.15, 0.2) is 0 Å². The molecule has 0 aliphatic carbocycles. The van der Waals surface area contributed by atoms with Crippen LogP contribution in [0.3, 0.4) is 0 Å². The van der Waals surface area contributed by atoms with Crippen molar-refractivity contribution in [1.29, 1.82) is 0 Å². The van der Waals surface area contributed by atoms with E-state index in [4.69, 9.17) is 10.2 Å². The number of aliphatic carboxylic acids is 1. The summed E-state index contributed by atoms with van der Waals surface area (Å²) in [6.07, 6.45) is 1.99. The van der Waals surface area contributed by atoms with Gasteiger partial charge in [-0.15, -0.1) is 0 Å². The fraction of sp³-hybridized carbons (Fsp3) is 0.200. The molecule has 1 aliphatic rings. The third-order valence-electron chi connectivity index (χ3n) is 1.17. The first-order valence-electron chi connectivity index (χ1n) is 2.77. The van der Waals surface area contributed by atoms with Gasteiger partial charge in [-0.1, -0.05) is 0 Å². The Kier molecular flexibility index (Phi) is 1.54. The molecule has 6 nitrogen and oxygen atoms in total. The lowest BCUT2D eigenvalue weighted by atomic mass is 10.2. The van der Waals surface area contributed by atoms with Crippen LogP contribution in [-0.4, -0.2) is 27.9 Å². The Hall–Kier alpha value is -1.56. The molecule has 1 unspecified atom stereocenters. The minimum Gasteiger partial charge on any atom is -0.477 e. The van der Waals surface area contributed by atoms with E-state index in [0.717, 1.165) is 12.3 Å². The molecule has 0 saturated carbocycles. The Morgan fingerprint density at radius 3 is 2.64 bits per heavy atom. The Morgan fingerprint density at radius 1 is 1.64 bits per heavy atom. The monoisotopic (exact) mass is 158 g/mol. The maximum atomic E-state index is 10.5. The van der Waals surface area contributed by atoms with Gasteiger partial charge < -0.3 is 15.5 Å². The quantitative estimate of drug-likeness (QED) is 0.376. The Labute approximate surface area is 61.5 Å². The van der Waals surface area contributed by atoms with Crippen molar-refractivity contribution in [2.24, 2.45) is 0 Å². The summed E-state index contributed by atoms with van der Waals surface area (Å²) in [4.78, 5) is 20.8. The summed E-state index contributed by atoms with van der Waals surface area (Å²) in [5.74, 6) is -1.52. The van der Waals surface area contributed by atoms with E-state index in [1.165, 1.54) is 0 Å².